The molecule has 0 saturated heterocycles. The van der Waals surface area contributed by atoms with Crippen LogP contribution in [-0.4, -0.2) is 5.78 Å². The number of rotatable bonds is 1. The molecule has 3 heteroatoms. The molecule has 0 bridgehead atoms. The van der Waals surface area contributed by atoms with E-state index < -0.39 is 0 Å². The molecule has 24 heavy (non-hydrogen) atoms. The average molecular weight is 315 g/mol. The fourth-order valence-electron chi connectivity index (χ4n) is 4.07. The Kier molecular flexibility index (Phi) is 2.89. The summed E-state index contributed by atoms with van der Waals surface area (Å²) in [7, 11) is 0. The third-order valence-corrected chi connectivity index (χ3v) is 5.10. The first-order valence-corrected chi connectivity index (χ1v) is 8.41. The Bertz CT molecular complexity index is 982. The van der Waals surface area contributed by atoms with Gasteiger partial charge in [0, 0.05) is 23.2 Å². The summed E-state index contributed by atoms with van der Waals surface area (Å²) in [6, 6.07) is 16.3. The number of hydrogen-bond acceptors (Lipinski definition) is 3. The number of ketones is 1. The van der Waals surface area contributed by atoms with E-state index in [-0.39, 0.29) is 11.8 Å². The van der Waals surface area contributed by atoms with Gasteiger partial charge >= 0.3 is 0 Å². The highest BCUT2D eigenvalue weighted by molar-refractivity contribution is 6.12. The maximum atomic E-state index is 12.7. The van der Waals surface area contributed by atoms with E-state index in [1.807, 2.05) is 12.1 Å². The quantitative estimate of drug-likeness (QED) is 0.679. The highest BCUT2D eigenvalue weighted by atomic mass is 16.3. The molecule has 2 heterocycles. The Morgan fingerprint density at radius 2 is 1.92 bits per heavy atom. The summed E-state index contributed by atoms with van der Waals surface area (Å²) in [4.78, 5) is 12.7. The Labute approximate surface area is 140 Å². The molecule has 1 aliphatic carbocycles. The summed E-state index contributed by atoms with van der Waals surface area (Å²) >= 11 is 0. The van der Waals surface area contributed by atoms with Gasteiger partial charge in [-0.05, 0) is 47.4 Å². The van der Waals surface area contributed by atoms with Gasteiger partial charge in [0.05, 0.1) is 6.26 Å². The zero-order valence-corrected chi connectivity index (χ0v) is 13.2. The number of nitrogens with one attached hydrogen (secondary N) is 1. The van der Waals surface area contributed by atoms with Crippen LogP contribution in [0.25, 0.3) is 16.3 Å². The second-order valence-corrected chi connectivity index (χ2v) is 6.47. The molecule has 0 radical (unpaired) electrons. The Morgan fingerprint density at radius 1 is 1.00 bits per heavy atom. The molecule has 3 aromatic rings. The van der Waals surface area contributed by atoms with Crippen LogP contribution < -0.4 is 5.32 Å². The van der Waals surface area contributed by atoms with Crippen molar-refractivity contribution in [1.29, 1.82) is 0 Å². The minimum atomic E-state index is -0.184. The molecule has 0 unspecified atom stereocenters. The molecule has 1 N–H and O–H groups in total. The minimum Gasteiger partial charge on any atom is -0.467 e. The van der Waals surface area contributed by atoms with Crippen molar-refractivity contribution in [3.05, 3.63) is 71.7 Å². The third kappa shape index (κ3) is 1.88. The topological polar surface area (TPSA) is 42.2 Å². The lowest BCUT2D eigenvalue weighted by atomic mass is 9.78. The van der Waals surface area contributed by atoms with Crippen molar-refractivity contribution in [1.82, 2.24) is 0 Å². The largest absolute Gasteiger partial charge is 0.467 e. The van der Waals surface area contributed by atoms with E-state index in [1.165, 1.54) is 21.9 Å². The van der Waals surface area contributed by atoms with Crippen LogP contribution >= 0.6 is 0 Å². The average Bonchev–Trinajstić information content (AvgIpc) is 3.15. The lowest BCUT2D eigenvalue weighted by molar-refractivity contribution is -0.116. The summed E-state index contributed by atoms with van der Waals surface area (Å²) in [6.45, 7) is 0. The van der Waals surface area contributed by atoms with E-state index in [0.717, 1.165) is 29.9 Å². The van der Waals surface area contributed by atoms with Crippen molar-refractivity contribution in [3.8, 4) is 0 Å². The molecule has 5 rings (SSSR count). The van der Waals surface area contributed by atoms with E-state index in [1.54, 1.807) is 6.26 Å². The lowest BCUT2D eigenvalue weighted by Gasteiger charge is -2.33. The van der Waals surface area contributed by atoms with Crippen LogP contribution in [0.2, 0.25) is 0 Å². The summed E-state index contributed by atoms with van der Waals surface area (Å²) in [5.74, 6) is 1.04. The number of carbonyl (C=O) groups is 1. The maximum Gasteiger partial charge on any atom is 0.161 e. The Balaban J connectivity index is 1.82. The van der Waals surface area contributed by atoms with E-state index in [4.69, 9.17) is 4.42 Å². The first kappa shape index (κ1) is 13.6. The number of anilines is 1. The van der Waals surface area contributed by atoms with Crippen molar-refractivity contribution in [2.45, 2.75) is 25.3 Å². The van der Waals surface area contributed by atoms with Gasteiger partial charge in [-0.3, -0.25) is 4.79 Å². The van der Waals surface area contributed by atoms with E-state index in [9.17, 15) is 4.79 Å². The van der Waals surface area contributed by atoms with Crippen LogP contribution in [0.15, 0.2) is 64.8 Å². The van der Waals surface area contributed by atoms with E-state index >= 15 is 0 Å². The molecule has 2 aromatic carbocycles. The van der Waals surface area contributed by atoms with Crippen LogP contribution in [-0.2, 0) is 4.79 Å². The van der Waals surface area contributed by atoms with Crippen molar-refractivity contribution in [2.24, 2.45) is 0 Å². The maximum absolute atomic E-state index is 12.7. The monoisotopic (exact) mass is 315 g/mol. The zero-order chi connectivity index (χ0) is 16.1. The first-order valence-electron chi connectivity index (χ1n) is 8.41. The third-order valence-electron chi connectivity index (χ3n) is 5.10. The van der Waals surface area contributed by atoms with Crippen LogP contribution in [0.4, 0.5) is 5.69 Å². The van der Waals surface area contributed by atoms with Gasteiger partial charge in [0.15, 0.2) is 5.78 Å². The van der Waals surface area contributed by atoms with Crippen molar-refractivity contribution in [3.63, 3.8) is 0 Å². The zero-order valence-electron chi connectivity index (χ0n) is 13.2. The Hall–Kier alpha value is -2.81. The lowest BCUT2D eigenvalue weighted by Crippen LogP contribution is -2.27. The first-order chi connectivity index (χ1) is 11.8. The van der Waals surface area contributed by atoms with Gasteiger partial charge in [0.2, 0.25) is 0 Å². The number of carbonyl (C=O) groups excluding carboxylic acids is 1. The normalized spacial score (nSPS) is 19.8. The summed E-state index contributed by atoms with van der Waals surface area (Å²) in [5, 5.41) is 5.97. The molecule has 1 aromatic heterocycles. The smallest absolute Gasteiger partial charge is 0.161 e. The fourth-order valence-corrected chi connectivity index (χ4v) is 4.07. The van der Waals surface area contributed by atoms with Crippen molar-refractivity contribution >= 4 is 27.8 Å². The standard InChI is InChI=1S/C21H17NO2/c23-17-8-3-7-15-19-14-6-2-1-5-13(14)10-11-16(19)22-21(20(15)17)18-9-4-12-24-18/h1-2,4-6,9-12,21-22H,3,7-8H2/t21-/m1/s1. The van der Waals surface area contributed by atoms with Gasteiger partial charge in [0.25, 0.3) is 0 Å². The summed E-state index contributed by atoms with van der Waals surface area (Å²) < 4.78 is 5.62. The predicted octanol–water partition coefficient (Wildman–Crippen LogP) is 5.11. The van der Waals surface area contributed by atoms with E-state index in [0.29, 0.717) is 6.42 Å². The molecule has 1 aliphatic heterocycles. The summed E-state index contributed by atoms with van der Waals surface area (Å²) in [6.07, 6.45) is 4.16. The van der Waals surface area contributed by atoms with Crippen LogP contribution in [0.3, 0.4) is 0 Å². The molecule has 0 fully saturated rings. The van der Waals surface area contributed by atoms with Gasteiger partial charge in [0.1, 0.15) is 11.8 Å². The molecule has 118 valence electrons. The second kappa shape index (κ2) is 5.10. The highest BCUT2D eigenvalue weighted by Gasteiger charge is 2.35. The van der Waals surface area contributed by atoms with Crippen molar-refractivity contribution in [2.75, 3.05) is 5.32 Å². The SMILES string of the molecule is O=C1CCCC2=C1[C@@H](c1ccco1)Nc1ccc3ccccc3c12. The molecular formula is C21H17NO2. The number of Topliss-reactive ketones (excluding diaryl/α,β-unsaturated/α-hetero) is 1. The molecule has 3 nitrogen and oxygen atoms in total. The van der Waals surface area contributed by atoms with Crippen LogP contribution in [0.1, 0.15) is 36.6 Å². The molecule has 0 amide bonds. The van der Waals surface area contributed by atoms with Crippen molar-refractivity contribution < 1.29 is 9.21 Å². The molecule has 2 aliphatic rings. The summed E-state index contributed by atoms with van der Waals surface area (Å²) in [5.41, 5.74) is 4.36. The van der Waals surface area contributed by atoms with Crippen LogP contribution in [0.5, 0.6) is 0 Å². The number of furan rings is 1. The fraction of sp³-hybridized carbons (Fsp3) is 0.190. The van der Waals surface area contributed by atoms with Gasteiger partial charge < -0.3 is 9.73 Å². The number of allylic oxidation sites excluding steroid dienone is 1. The van der Waals surface area contributed by atoms with E-state index in [2.05, 4.69) is 41.7 Å². The van der Waals surface area contributed by atoms with Gasteiger partial charge in [-0.2, -0.15) is 0 Å². The molecule has 1 atom stereocenters. The second-order valence-electron chi connectivity index (χ2n) is 6.47. The van der Waals surface area contributed by atoms with Gasteiger partial charge in [-0.1, -0.05) is 30.3 Å². The number of hydrogen-bond donors (Lipinski definition) is 1. The van der Waals surface area contributed by atoms with Gasteiger partial charge in [-0.25, -0.2) is 0 Å². The predicted molar refractivity (Wildman–Crippen MR) is 94.8 cm³/mol. The molecule has 0 spiro atoms. The Morgan fingerprint density at radius 3 is 2.79 bits per heavy atom. The molecule has 0 saturated carbocycles. The molecular weight excluding hydrogens is 298 g/mol. The van der Waals surface area contributed by atoms with Gasteiger partial charge in [-0.15, -0.1) is 0 Å². The number of fused-ring (bicyclic) bond motifs is 4. The highest BCUT2D eigenvalue weighted by Crippen LogP contribution is 2.47. The van der Waals surface area contributed by atoms with Crippen LogP contribution in [0, 0.1) is 0 Å². The minimum absolute atomic E-state index is 0.184. The number of benzene rings is 2.